The molecule has 1 atom stereocenters. The van der Waals surface area contributed by atoms with Gasteiger partial charge < -0.3 is 13.2 Å². The van der Waals surface area contributed by atoms with Crippen LogP contribution < -0.4 is 3.53 Å². The largest absolute Gasteiger partial charge is 0.467 e. The molecule has 0 fully saturated rings. The van der Waals surface area contributed by atoms with Gasteiger partial charge in [-0.1, -0.05) is 17.7 Å². The minimum Gasteiger partial charge on any atom is -0.467 e. The quantitative estimate of drug-likeness (QED) is 0.111. The molecule has 1 aromatic heterocycles. The molecule has 0 saturated heterocycles. The summed E-state index contributed by atoms with van der Waals surface area (Å²) in [6.07, 6.45) is 1.72. The average Bonchev–Trinajstić information content (AvgIpc) is 2.85. The predicted molar refractivity (Wildman–Crippen MR) is 145 cm³/mol. The fourth-order valence-corrected chi connectivity index (χ4v) is 4.67. The molecule has 9 nitrogen and oxygen atoms in total. The first-order chi connectivity index (χ1) is 17.2. The molecule has 0 bridgehead atoms. The molecule has 0 aliphatic heterocycles. The highest BCUT2D eigenvalue weighted by atomic mass is 127. The molecule has 11 heteroatoms. The van der Waals surface area contributed by atoms with Gasteiger partial charge in [0.15, 0.2) is 0 Å². The van der Waals surface area contributed by atoms with E-state index in [9.17, 15) is 19.7 Å². The molecule has 1 amide bonds. The van der Waals surface area contributed by atoms with Gasteiger partial charge in [-0.2, -0.15) is 0 Å². The molecular formula is C25H24ClIN4O5. The lowest BCUT2D eigenvalue weighted by molar-refractivity contribution is -0.386. The number of amides is 1. The second-order valence-electron chi connectivity index (χ2n) is 8.12. The van der Waals surface area contributed by atoms with Crippen LogP contribution in [0.5, 0.6) is 0 Å². The van der Waals surface area contributed by atoms with E-state index in [0.29, 0.717) is 38.7 Å². The number of ether oxygens (including phenoxy) is 1. The Morgan fingerprint density at radius 3 is 2.44 bits per heavy atom. The Bertz CT molecular complexity index is 1270. The maximum Gasteiger partial charge on any atom is 0.329 e. The Labute approximate surface area is 227 Å². The van der Waals surface area contributed by atoms with Crippen molar-refractivity contribution in [1.82, 2.24) is 9.88 Å². The predicted octanol–water partition coefficient (Wildman–Crippen LogP) is 5.45. The Kier molecular flexibility index (Phi) is 9.21. The maximum atomic E-state index is 13.9. The van der Waals surface area contributed by atoms with Gasteiger partial charge >= 0.3 is 5.97 Å². The molecule has 3 aromatic rings. The first-order valence-corrected chi connectivity index (χ1v) is 12.3. The van der Waals surface area contributed by atoms with Crippen LogP contribution in [0.2, 0.25) is 5.02 Å². The van der Waals surface area contributed by atoms with Crippen molar-refractivity contribution < 1.29 is 19.2 Å². The van der Waals surface area contributed by atoms with Crippen LogP contribution in [0.4, 0.5) is 11.4 Å². The summed E-state index contributed by atoms with van der Waals surface area (Å²) < 4.78 is 8.02. The third-order valence-corrected chi connectivity index (χ3v) is 6.46. The summed E-state index contributed by atoms with van der Waals surface area (Å²) in [5.74, 6) is -1.05. The van der Waals surface area contributed by atoms with Crippen LogP contribution >= 0.6 is 34.5 Å². The van der Waals surface area contributed by atoms with Crippen LogP contribution in [0.3, 0.4) is 0 Å². The van der Waals surface area contributed by atoms with E-state index in [1.165, 1.54) is 12.0 Å². The zero-order chi connectivity index (χ0) is 26.4. The van der Waals surface area contributed by atoms with Gasteiger partial charge in [-0.25, -0.2) is 4.79 Å². The van der Waals surface area contributed by atoms with Crippen LogP contribution in [0.25, 0.3) is 0 Å². The molecule has 0 aliphatic carbocycles. The highest BCUT2D eigenvalue weighted by Gasteiger charge is 2.33. The molecule has 0 aliphatic rings. The van der Waals surface area contributed by atoms with Crippen molar-refractivity contribution in [2.75, 3.05) is 10.6 Å². The number of hydrogen-bond acceptors (Lipinski definition) is 7. The molecule has 1 N–H and O–H groups in total. The van der Waals surface area contributed by atoms with E-state index in [0.717, 1.165) is 0 Å². The number of nitro benzene ring substituents is 1. The second-order valence-corrected chi connectivity index (χ2v) is 9.09. The molecule has 0 saturated carbocycles. The van der Waals surface area contributed by atoms with Crippen molar-refractivity contribution in [2.24, 2.45) is 0 Å². The third kappa shape index (κ3) is 6.30. The van der Waals surface area contributed by atoms with E-state index in [4.69, 9.17) is 16.3 Å². The molecule has 3 rings (SSSR count). The molecule has 1 heterocycles. The summed E-state index contributed by atoms with van der Waals surface area (Å²) in [5.41, 5.74) is 2.96. The summed E-state index contributed by atoms with van der Waals surface area (Å²) in [5, 5.41) is 11.9. The first-order valence-electron chi connectivity index (χ1n) is 10.9. The van der Waals surface area contributed by atoms with Crippen LogP contribution in [0.1, 0.15) is 32.7 Å². The summed E-state index contributed by atoms with van der Waals surface area (Å²) in [4.78, 5) is 43.7. The topological polar surface area (TPSA) is 115 Å². The number of rotatable bonds is 9. The monoisotopic (exact) mass is 622 g/mol. The Hall–Kier alpha value is -3.25. The number of aromatic nitrogens is 1. The molecule has 0 unspecified atom stereocenters. The number of benzene rings is 2. The molecule has 2 aromatic carbocycles. The minimum absolute atomic E-state index is 0.00835. The molecule has 0 spiro atoms. The van der Waals surface area contributed by atoms with Crippen molar-refractivity contribution in [3.8, 4) is 0 Å². The van der Waals surface area contributed by atoms with Crippen molar-refractivity contribution in [3.05, 3.63) is 97.8 Å². The number of nitro groups is 1. The highest BCUT2D eigenvalue weighted by Crippen LogP contribution is 2.29. The van der Waals surface area contributed by atoms with Gasteiger partial charge in [0.1, 0.15) is 6.04 Å². The third-order valence-electron chi connectivity index (χ3n) is 5.64. The standard InChI is InChI=1S/C25H24ClIN4O5/c1-15-10-17(11-16(2)23(15)31(34)35)14-30(24(32)20-8-7-18(26)12-21(20)29-27)22(25(33)36-3)13-19-6-4-5-9-28-19/h4-12,22,29H,13-14H2,1-3H3/t22-/m1/s1. The van der Waals surface area contributed by atoms with Crippen LogP contribution in [0, 0.1) is 24.0 Å². The van der Waals surface area contributed by atoms with Gasteiger partial charge in [-0.3, -0.25) is 19.9 Å². The lowest BCUT2D eigenvalue weighted by Crippen LogP contribution is -2.46. The second kappa shape index (κ2) is 12.1. The highest BCUT2D eigenvalue weighted by molar-refractivity contribution is 14.1. The van der Waals surface area contributed by atoms with Crippen LogP contribution in [-0.4, -0.2) is 39.8 Å². The maximum absolute atomic E-state index is 13.9. The van der Waals surface area contributed by atoms with Crippen molar-refractivity contribution >= 4 is 57.7 Å². The smallest absolute Gasteiger partial charge is 0.329 e. The van der Waals surface area contributed by atoms with Gasteiger partial charge in [0, 0.05) is 41.0 Å². The van der Waals surface area contributed by atoms with Crippen molar-refractivity contribution in [2.45, 2.75) is 32.9 Å². The normalized spacial score (nSPS) is 11.5. The number of halogens is 2. The number of methoxy groups -OCH3 is 1. The number of carbonyl (C=O) groups excluding carboxylic acids is 2. The molecular weight excluding hydrogens is 599 g/mol. The minimum atomic E-state index is -1.01. The summed E-state index contributed by atoms with van der Waals surface area (Å²) in [6.45, 7) is 3.29. The van der Waals surface area contributed by atoms with Gasteiger partial charge in [0.25, 0.3) is 11.6 Å². The number of nitrogens with one attached hydrogen (secondary N) is 1. The van der Waals surface area contributed by atoms with Gasteiger partial charge in [-0.15, -0.1) is 0 Å². The summed E-state index contributed by atoms with van der Waals surface area (Å²) in [7, 11) is 1.26. The summed E-state index contributed by atoms with van der Waals surface area (Å²) >= 11 is 8.03. The zero-order valence-electron chi connectivity index (χ0n) is 19.8. The Morgan fingerprint density at radius 2 is 1.89 bits per heavy atom. The lowest BCUT2D eigenvalue weighted by atomic mass is 10.0. The lowest BCUT2D eigenvalue weighted by Gasteiger charge is -2.31. The fraction of sp³-hybridized carbons (Fsp3) is 0.240. The number of aryl methyl sites for hydroxylation is 2. The van der Waals surface area contributed by atoms with Crippen LogP contribution in [0.15, 0.2) is 54.7 Å². The zero-order valence-corrected chi connectivity index (χ0v) is 22.7. The van der Waals surface area contributed by atoms with E-state index in [2.05, 4.69) is 8.51 Å². The van der Waals surface area contributed by atoms with E-state index in [1.807, 2.05) is 22.9 Å². The molecule has 188 valence electrons. The van der Waals surface area contributed by atoms with Gasteiger partial charge in [0.2, 0.25) is 0 Å². The summed E-state index contributed by atoms with van der Waals surface area (Å²) in [6, 6.07) is 12.4. The first kappa shape index (κ1) is 27.3. The Balaban J connectivity index is 2.13. The average molecular weight is 623 g/mol. The van der Waals surface area contributed by atoms with Crippen LogP contribution in [-0.2, 0) is 22.5 Å². The van der Waals surface area contributed by atoms with Crippen molar-refractivity contribution in [1.29, 1.82) is 0 Å². The fourth-order valence-electron chi connectivity index (χ4n) is 4.05. The Morgan fingerprint density at radius 1 is 1.19 bits per heavy atom. The SMILES string of the molecule is COC(=O)[C@@H](Cc1ccccn1)N(Cc1cc(C)c([N+](=O)[O-])c(C)c1)C(=O)c1ccc(Cl)cc1NI. The number of anilines is 1. The van der Waals surface area contributed by atoms with E-state index >= 15 is 0 Å². The van der Waals surface area contributed by atoms with E-state index in [-0.39, 0.29) is 18.7 Å². The van der Waals surface area contributed by atoms with E-state index in [1.54, 1.807) is 68.6 Å². The van der Waals surface area contributed by atoms with Gasteiger partial charge in [0.05, 0.1) is 46.1 Å². The molecule has 0 radical (unpaired) electrons. The van der Waals surface area contributed by atoms with E-state index < -0.39 is 22.8 Å². The number of hydrogen-bond donors (Lipinski definition) is 1. The van der Waals surface area contributed by atoms with Crippen molar-refractivity contribution in [3.63, 3.8) is 0 Å². The van der Waals surface area contributed by atoms with Gasteiger partial charge in [-0.05, 0) is 61.9 Å². The number of pyridine rings is 1. The number of esters is 1. The number of carbonyl (C=O) groups is 2. The number of nitrogens with zero attached hydrogens (tertiary/aromatic N) is 3. The molecule has 36 heavy (non-hydrogen) atoms.